The molecule has 0 fully saturated rings. The molecule has 0 aliphatic rings. The molecule has 0 unspecified atom stereocenters. The maximum Gasteiger partial charge on any atom is 0.338 e. The molecule has 0 radical (unpaired) electrons. The summed E-state index contributed by atoms with van der Waals surface area (Å²) in [6, 6.07) is 12.8. The van der Waals surface area contributed by atoms with Crippen LogP contribution in [0.5, 0.6) is 0 Å². The van der Waals surface area contributed by atoms with Crippen LogP contribution in [0.25, 0.3) is 0 Å². The molecule has 2 aromatic rings. The van der Waals surface area contributed by atoms with Gasteiger partial charge in [0, 0.05) is 0 Å². The normalized spacial score (nSPS) is 11.0. The number of carbonyl (C=O) groups excluding carboxylic acids is 1. The molecule has 0 bridgehead atoms. The zero-order chi connectivity index (χ0) is 16.2. The van der Waals surface area contributed by atoms with Crippen LogP contribution >= 0.6 is 0 Å². The standard InChI is InChI=1S/C16H17NO4S/c1-3-21-16(18)13-9-10-15(12(2)11-13)17-22(19,20)14-7-5-4-6-8-14/h4-11,17H,3H2,1-2H3. The lowest BCUT2D eigenvalue weighted by atomic mass is 10.1. The first-order valence-electron chi connectivity index (χ1n) is 6.79. The molecule has 1 N–H and O–H groups in total. The van der Waals surface area contributed by atoms with Gasteiger partial charge in [-0.3, -0.25) is 4.72 Å². The van der Waals surface area contributed by atoms with Crippen molar-refractivity contribution >= 4 is 21.7 Å². The quantitative estimate of drug-likeness (QED) is 0.860. The predicted octanol–water partition coefficient (Wildman–Crippen LogP) is 2.97. The van der Waals surface area contributed by atoms with Gasteiger partial charge < -0.3 is 4.74 Å². The third-order valence-corrected chi connectivity index (χ3v) is 4.42. The van der Waals surface area contributed by atoms with Crippen LogP contribution < -0.4 is 4.72 Å². The fourth-order valence-corrected chi connectivity index (χ4v) is 3.07. The van der Waals surface area contributed by atoms with E-state index in [-0.39, 0.29) is 4.90 Å². The van der Waals surface area contributed by atoms with Crippen LogP contribution in [0.4, 0.5) is 5.69 Å². The van der Waals surface area contributed by atoms with E-state index in [4.69, 9.17) is 4.74 Å². The molecule has 0 spiro atoms. The van der Waals surface area contributed by atoms with Crippen molar-refractivity contribution in [2.45, 2.75) is 18.7 Å². The molecule has 0 saturated heterocycles. The summed E-state index contributed by atoms with van der Waals surface area (Å²) < 4.78 is 32.0. The van der Waals surface area contributed by atoms with E-state index in [1.54, 1.807) is 44.2 Å². The molecule has 0 aliphatic carbocycles. The van der Waals surface area contributed by atoms with Gasteiger partial charge in [0.1, 0.15) is 0 Å². The highest BCUT2D eigenvalue weighted by atomic mass is 32.2. The topological polar surface area (TPSA) is 72.5 Å². The van der Waals surface area contributed by atoms with E-state index < -0.39 is 16.0 Å². The highest BCUT2D eigenvalue weighted by molar-refractivity contribution is 7.92. The van der Waals surface area contributed by atoms with E-state index in [1.165, 1.54) is 18.2 Å². The molecule has 2 aromatic carbocycles. The van der Waals surface area contributed by atoms with Crippen molar-refractivity contribution in [2.75, 3.05) is 11.3 Å². The first kappa shape index (κ1) is 16.0. The number of sulfonamides is 1. The van der Waals surface area contributed by atoms with Crippen molar-refractivity contribution in [1.29, 1.82) is 0 Å². The number of carbonyl (C=O) groups is 1. The van der Waals surface area contributed by atoms with Crippen molar-refractivity contribution in [1.82, 2.24) is 0 Å². The number of rotatable bonds is 5. The Bertz CT molecular complexity index is 770. The minimum atomic E-state index is -3.65. The Labute approximate surface area is 130 Å². The maximum atomic E-state index is 12.3. The van der Waals surface area contributed by atoms with Crippen molar-refractivity contribution in [3.05, 3.63) is 59.7 Å². The lowest BCUT2D eigenvalue weighted by Crippen LogP contribution is -2.14. The van der Waals surface area contributed by atoms with E-state index in [9.17, 15) is 13.2 Å². The number of nitrogens with one attached hydrogen (secondary N) is 1. The molecule has 22 heavy (non-hydrogen) atoms. The van der Waals surface area contributed by atoms with Gasteiger partial charge in [0.2, 0.25) is 0 Å². The maximum absolute atomic E-state index is 12.3. The van der Waals surface area contributed by atoms with Gasteiger partial charge in [-0.05, 0) is 49.7 Å². The Morgan fingerprint density at radius 1 is 1.14 bits per heavy atom. The Balaban J connectivity index is 2.26. The van der Waals surface area contributed by atoms with E-state index in [0.29, 0.717) is 23.4 Å². The minimum absolute atomic E-state index is 0.184. The summed E-state index contributed by atoms with van der Waals surface area (Å²) in [6.45, 7) is 3.75. The average molecular weight is 319 g/mol. The van der Waals surface area contributed by atoms with E-state index in [2.05, 4.69) is 4.72 Å². The molecule has 0 heterocycles. The van der Waals surface area contributed by atoms with Crippen LogP contribution in [0.3, 0.4) is 0 Å². The van der Waals surface area contributed by atoms with Gasteiger partial charge in [-0.1, -0.05) is 18.2 Å². The predicted molar refractivity (Wildman–Crippen MR) is 84.4 cm³/mol. The molecule has 5 nitrogen and oxygen atoms in total. The number of aryl methyl sites for hydroxylation is 1. The second kappa shape index (κ2) is 6.62. The fourth-order valence-electron chi connectivity index (χ4n) is 1.92. The molecule has 6 heteroatoms. The summed E-state index contributed by atoms with van der Waals surface area (Å²) in [5.74, 6) is -0.428. The second-order valence-electron chi connectivity index (χ2n) is 4.67. The summed E-state index contributed by atoms with van der Waals surface area (Å²) in [7, 11) is -3.65. The van der Waals surface area contributed by atoms with Gasteiger partial charge in [-0.25, -0.2) is 13.2 Å². The molecule has 0 saturated carbocycles. The SMILES string of the molecule is CCOC(=O)c1ccc(NS(=O)(=O)c2ccccc2)c(C)c1. The molecule has 116 valence electrons. The molecular formula is C16H17NO4S. The van der Waals surface area contributed by atoms with Crippen LogP contribution in [0.1, 0.15) is 22.8 Å². The third-order valence-electron chi connectivity index (χ3n) is 3.04. The van der Waals surface area contributed by atoms with Gasteiger partial charge in [0.05, 0.1) is 22.8 Å². The zero-order valence-corrected chi connectivity index (χ0v) is 13.2. The summed E-state index contributed by atoms with van der Waals surface area (Å²) in [5.41, 5.74) is 1.46. The molecule has 0 aliphatic heterocycles. The first-order chi connectivity index (χ1) is 10.4. The van der Waals surface area contributed by atoms with Crippen molar-refractivity contribution in [3.63, 3.8) is 0 Å². The van der Waals surface area contributed by atoms with Gasteiger partial charge in [0.25, 0.3) is 10.0 Å². The van der Waals surface area contributed by atoms with E-state index in [0.717, 1.165) is 0 Å². The van der Waals surface area contributed by atoms with Crippen LogP contribution in [0.2, 0.25) is 0 Å². The van der Waals surface area contributed by atoms with Crippen LogP contribution in [-0.4, -0.2) is 21.0 Å². The number of ether oxygens (including phenoxy) is 1. The Kier molecular flexibility index (Phi) is 4.82. The molecule has 0 atom stereocenters. The summed E-state index contributed by atoms with van der Waals surface area (Å²) in [6.07, 6.45) is 0. The summed E-state index contributed by atoms with van der Waals surface area (Å²) in [4.78, 5) is 11.8. The van der Waals surface area contributed by atoms with Gasteiger partial charge in [0.15, 0.2) is 0 Å². The van der Waals surface area contributed by atoms with Crippen molar-refractivity contribution in [2.24, 2.45) is 0 Å². The molecular weight excluding hydrogens is 302 g/mol. The number of esters is 1. The van der Waals surface area contributed by atoms with Crippen LogP contribution in [0.15, 0.2) is 53.4 Å². The van der Waals surface area contributed by atoms with E-state index >= 15 is 0 Å². The average Bonchev–Trinajstić information content (AvgIpc) is 2.50. The van der Waals surface area contributed by atoms with Gasteiger partial charge >= 0.3 is 5.97 Å². The first-order valence-corrected chi connectivity index (χ1v) is 8.28. The monoisotopic (exact) mass is 319 g/mol. The minimum Gasteiger partial charge on any atom is -0.462 e. The van der Waals surface area contributed by atoms with E-state index in [1.807, 2.05) is 0 Å². The van der Waals surface area contributed by atoms with Crippen LogP contribution in [0, 0.1) is 6.92 Å². The highest BCUT2D eigenvalue weighted by Crippen LogP contribution is 2.21. The Morgan fingerprint density at radius 3 is 2.41 bits per heavy atom. The number of hydrogen-bond donors (Lipinski definition) is 1. The van der Waals surface area contributed by atoms with Gasteiger partial charge in [-0.15, -0.1) is 0 Å². The fraction of sp³-hybridized carbons (Fsp3) is 0.188. The Hall–Kier alpha value is -2.34. The number of benzene rings is 2. The smallest absolute Gasteiger partial charge is 0.338 e. The van der Waals surface area contributed by atoms with Crippen LogP contribution in [-0.2, 0) is 14.8 Å². The number of hydrogen-bond acceptors (Lipinski definition) is 4. The molecule has 2 rings (SSSR count). The number of anilines is 1. The second-order valence-corrected chi connectivity index (χ2v) is 6.35. The summed E-state index contributed by atoms with van der Waals surface area (Å²) >= 11 is 0. The molecule has 0 amide bonds. The van der Waals surface area contributed by atoms with Gasteiger partial charge in [-0.2, -0.15) is 0 Å². The largest absolute Gasteiger partial charge is 0.462 e. The summed E-state index contributed by atoms with van der Waals surface area (Å²) in [5, 5.41) is 0. The zero-order valence-electron chi connectivity index (χ0n) is 12.4. The molecule has 0 aromatic heterocycles. The Morgan fingerprint density at radius 2 is 1.82 bits per heavy atom. The lowest BCUT2D eigenvalue weighted by molar-refractivity contribution is 0.0526. The third kappa shape index (κ3) is 3.65. The lowest BCUT2D eigenvalue weighted by Gasteiger charge is -2.11. The van der Waals surface area contributed by atoms with Crippen molar-refractivity contribution in [3.8, 4) is 0 Å². The van der Waals surface area contributed by atoms with Crippen molar-refractivity contribution < 1.29 is 17.9 Å². The highest BCUT2D eigenvalue weighted by Gasteiger charge is 2.15.